The Kier molecular flexibility index (Phi) is 9.42. The second kappa shape index (κ2) is 12.5. The summed E-state index contributed by atoms with van der Waals surface area (Å²) in [4.78, 5) is 32.8. The molecule has 1 atom stereocenters. The first-order valence-corrected chi connectivity index (χ1v) is 13.0. The minimum Gasteiger partial charge on any atom is -0.481 e. The van der Waals surface area contributed by atoms with Crippen LogP contribution in [-0.2, 0) is 36.5 Å². The van der Waals surface area contributed by atoms with E-state index in [0.29, 0.717) is 11.1 Å². The van der Waals surface area contributed by atoms with Crippen molar-refractivity contribution >= 4 is 28.0 Å². The van der Waals surface area contributed by atoms with E-state index in [1.807, 2.05) is 4.72 Å². The molecule has 1 aliphatic rings. The molecule has 1 heterocycles. The average Bonchev–Trinajstić information content (AvgIpc) is 3.35. The zero-order valence-electron chi connectivity index (χ0n) is 20.4. The lowest BCUT2D eigenvalue weighted by atomic mass is 10.0. The van der Waals surface area contributed by atoms with Crippen LogP contribution in [0.4, 0.5) is 10.7 Å². The summed E-state index contributed by atoms with van der Waals surface area (Å²) in [6.07, 6.45) is 2.84. The summed E-state index contributed by atoms with van der Waals surface area (Å²) in [5.74, 6) is -0.954. The first-order chi connectivity index (χ1) is 17.2. The third-order valence-electron chi connectivity index (χ3n) is 5.57. The van der Waals surface area contributed by atoms with E-state index in [1.54, 1.807) is 24.3 Å². The summed E-state index contributed by atoms with van der Waals surface area (Å²) in [6, 6.07) is 7.05. The molecule has 36 heavy (non-hydrogen) atoms. The van der Waals surface area contributed by atoms with E-state index in [0.717, 1.165) is 25.7 Å². The van der Waals surface area contributed by atoms with Gasteiger partial charge in [-0.25, -0.2) is 22.7 Å². The molecule has 0 aliphatic heterocycles. The number of carbonyl (C=O) groups is 2. The standard InChI is InChI=1S/C23H30N4O8S/c1-32-18(21(28)35-17-10-6-7-11-17)12-15-8-4-5-9-16(15)14-36(30,31)27-23(29)26-22-24-19(33-2)13-20(25-22)34-3/h4-5,8-9,13,17-18H,6-7,10-12,14H2,1-3H3,(H2,24,25,26,27,29). The molecule has 1 unspecified atom stereocenters. The van der Waals surface area contributed by atoms with Crippen molar-refractivity contribution in [1.29, 1.82) is 0 Å². The fourth-order valence-corrected chi connectivity index (χ4v) is 4.88. The molecule has 1 fully saturated rings. The van der Waals surface area contributed by atoms with Gasteiger partial charge in [0.25, 0.3) is 0 Å². The highest BCUT2D eigenvalue weighted by Gasteiger charge is 2.27. The Labute approximate surface area is 209 Å². The summed E-state index contributed by atoms with van der Waals surface area (Å²) >= 11 is 0. The van der Waals surface area contributed by atoms with Gasteiger partial charge in [0.15, 0.2) is 6.10 Å². The molecule has 2 aromatic rings. The van der Waals surface area contributed by atoms with E-state index in [2.05, 4.69) is 15.3 Å². The topological polar surface area (TPSA) is 155 Å². The number of carbonyl (C=O) groups excluding carboxylic acids is 2. The summed E-state index contributed by atoms with van der Waals surface area (Å²) in [5.41, 5.74) is 0.993. The van der Waals surface area contributed by atoms with Gasteiger partial charge in [-0.05, 0) is 36.8 Å². The third kappa shape index (κ3) is 7.78. The second-order valence-electron chi connectivity index (χ2n) is 8.13. The van der Waals surface area contributed by atoms with Crippen molar-refractivity contribution in [3.05, 3.63) is 41.5 Å². The summed E-state index contributed by atoms with van der Waals surface area (Å²) in [5, 5.41) is 2.25. The molecule has 2 N–H and O–H groups in total. The predicted octanol–water partition coefficient (Wildman–Crippen LogP) is 2.19. The SMILES string of the molecule is COc1cc(OC)nc(NC(=O)NS(=O)(=O)Cc2ccccc2CC(OC)C(=O)OC2CCCC2)n1. The number of rotatable bonds is 11. The van der Waals surface area contributed by atoms with Gasteiger partial charge < -0.3 is 18.9 Å². The van der Waals surface area contributed by atoms with Crippen molar-refractivity contribution in [3.8, 4) is 11.8 Å². The molecule has 13 heteroatoms. The average molecular weight is 523 g/mol. The lowest BCUT2D eigenvalue weighted by Crippen LogP contribution is -2.36. The third-order valence-corrected chi connectivity index (χ3v) is 6.76. The van der Waals surface area contributed by atoms with Gasteiger partial charge in [0.05, 0.1) is 26.0 Å². The van der Waals surface area contributed by atoms with E-state index in [-0.39, 0.29) is 30.2 Å². The van der Waals surface area contributed by atoms with E-state index in [9.17, 15) is 18.0 Å². The Hall–Kier alpha value is -3.45. The lowest BCUT2D eigenvalue weighted by molar-refractivity contribution is -0.160. The molecule has 1 saturated carbocycles. The summed E-state index contributed by atoms with van der Waals surface area (Å²) < 4.78 is 48.3. The van der Waals surface area contributed by atoms with E-state index < -0.39 is 33.9 Å². The summed E-state index contributed by atoms with van der Waals surface area (Å²) in [6.45, 7) is 0. The molecule has 0 spiro atoms. The highest BCUT2D eigenvalue weighted by atomic mass is 32.2. The number of benzene rings is 1. The van der Waals surface area contributed by atoms with Crippen LogP contribution in [0.2, 0.25) is 0 Å². The predicted molar refractivity (Wildman–Crippen MR) is 129 cm³/mol. The number of esters is 1. The molecule has 0 saturated heterocycles. The van der Waals surface area contributed by atoms with Gasteiger partial charge in [-0.15, -0.1) is 0 Å². The minimum absolute atomic E-state index is 0.109. The molecular formula is C23H30N4O8S. The normalized spacial score (nSPS) is 14.6. The number of ether oxygens (including phenoxy) is 4. The van der Waals surface area contributed by atoms with Crippen LogP contribution in [0.1, 0.15) is 36.8 Å². The number of aromatic nitrogens is 2. The maximum absolute atomic E-state index is 12.7. The van der Waals surface area contributed by atoms with Crippen molar-refractivity contribution in [1.82, 2.24) is 14.7 Å². The second-order valence-corrected chi connectivity index (χ2v) is 9.85. The fourth-order valence-electron chi connectivity index (χ4n) is 3.78. The van der Waals surface area contributed by atoms with Crippen LogP contribution in [0.15, 0.2) is 30.3 Å². The van der Waals surface area contributed by atoms with Crippen molar-refractivity contribution in [2.24, 2.45) is 0 Å². The van der Waals surface area contributed by atoms with Gasteiger partial charge in [-0.3, -0.25) is 5.32 Å². The van der Waals surface area contributed by atoms with Gasteiger partial charge in [-0.2, -0.15) is 9.97 Å². The monoisotopic (exact) mass is 522 g/mol. The maximum Gasteiger partial charge on any atom is 0.335 e. The Balaban J connectivity index is 1.66. The number of hydrogen-bond acceptors (Lipinski definition) is 10. The number of hydrogen-bond donors (Lipinski definition) is 2. The van der Waals surface area contributed by atoms with Crippen molar-refractivity contribution in [2.45, 2.75) is 50.1 Å². The number of nitrogens with zero attached hydrogens (tertiary/aromatic N) is 2. The number of urea groups is 1. The van der Waals surface area contributed by atoms with Crippen LogP contribution in [-0.4, -0.2) is 63.9 Å². The quantitative estimate of drug-likeness (QED) is 0.420. The molecule has 196 valence electrons. The van der Waals surface area contributed by atoms with Gasteiger partial charge in [0.2, 0.25) is 27.7 Å². The highest BCUT2D eigenvalue weighted by Crippen LogP contribution is 2.23. The van der Waals surface area contributed by atoms with E-state index in [4.69, 9.17) is 18.9 Å². The van der Waals surface area contributed by atoms with Gasteiger partial charge in [0, 0.05) is 13.5 Å². The zero-order valence-corrected chi connectivity index (χ0v) is 21.2. The van der Waals surface area contributed by atoms with Crippen LogP contribution >= 0.6 is 0 Å². The smallest absolute Gasteiger partial charge is 0.335 e. The molecule has 12 nitrogen and oxygen atoms in total. The highest BCUT2D eigenvalue weighted by molar-refractivity contribution is 7.89. The van der Waals surface area contributed by atoms with Crippen LogP contribution in [0.3, 0.4) is 0 Å². The van der Waals surface area contributed by atoms with Crippen LogP contribution in [0.25, 0.3) is 0 Å². The number of methoxy groups -OCH3 is 3. The molecule has 2 amide bonds. The molecule has 3 rings (SSSR count). The number of nitrogens with one attached hydrogen (secondary N) is 2. The summed E-state index contributed by atoms with van der Waals surface area (Å²) in [7, 11) is 0.0202. The van der Waals surface area contributed by atoms with Crippen molar-refractivity contribution < 1.29 is 37.0 Å². The largest absolute Gasteiger partial charge is 0.481 e. The van der Waals surface area contributed by atoms with E-state index in [1.165, 1.54) is 27.4 Å². The van der Waals surface area contributed by atoms with Crippen molar-refractivity contribution in [2.75, 3.05) is 26.6 Å². The number of amides is 2. The molecule has 1 aliphatic carbocycles. The number of anilines is 1. The number of sulfonamides is 1. The van der Waals surface area contributed by atoms with Crippen molar-refractivity contribution in [3.63, 3.8) is 0 Å². The zero-order chi connectivity index (χ0) is 26.1. The maximum atomic E-state index is 12.7. The van der Waals surface area contributed by atoms with Crippen LogP contribution in [0.5, 0.6) is 11.8 Å². The van der Waals surface area contributed by atoms with Gasteiger partial charge >= 0.3 is 12.0 Å². The van der Waals surface area contributed by atoms with Crippen LogP contribution in [0, 0.1) is 0 Å². The first kappa shape index (κ1) is 27.1. The molecule has 0 radical (unpaired) electrons. The first-order valence-electron chi connectivity index (χ1n) is 11.3. The lowest BCUT2D eigenvalue weighted by Gasteiger charge is -2.19. The Morgan fingerprint density at radius 2 is 1.64 bits per heavy atom. The fraction of sp³-hybridized carbons (Fsp3) is 0.478. The molecule has 1 aromatic carbocycles. The van der Waals surface area contributed by atoms with E-state index >= 15 is 0 Å². The van der Waals surface area contributed by atoms with Gasteiger partial charge in [0.1, 0.15) is 6.10 Å². The minimum atomic E-state index is -4.13. The van der Waals surface area contributed by atoms with Gasteiger partial charge in [-0.1, -0.05) is 24.3 Å². The Morgan fingerprint density at radius 3 is 2.22 bits per heavy atom. The molecule has 0 bridgehead atoms. The molecular weight excluding hydrogens is 492 g/mol. The Morgan fingerprint density at radius 1 is 1.03 bits per heavy atom. The molecule has 1 aromatic heterocycles. The Bertz CT molecular complexity index is 1150. The van der Waals surface area contributed by atoms with Crippen LogP contribution < -0.4 is 19.5 Å².